The summed E-state index contributed by atoms with van der Waals surface area (Å²) >= 11 is 0. The number of alkyl halides is 3. The number of hydrogen-bond donors (Lipinski definition) is 1. The maximum absolute atomic E-state index is 13.9. The minimum absolute atomic E-state index is 0.302. The first-order valence-corrected chi connectivity index (χ1v) is 9.33. The Morgan fingerprint density at radius 3 is 2.50 bits per heavy atom. The van der Waals surface area contributed by atoms with Crippen LogP contribution in [0.1, 0.15) is 30.0 Å². The maximum Gasteiger partial charge on any atom is 0.416 e. The largest absolute Gasteiger partial charge is 0.416 e. The van der Waals surface area contributed by atoms with E-state index < -0.39 is 11.7 Å². The van der Waals surface area contributed by atoms with Gasteiger partial charge in [-0.05, 0) is 43.2 Å². The third kappa shape index (κ3) is 3.47. The number of rotatable bonds is 4. The van der Waals surface area contributed by atoms with Gasteiger partial charge in [0.25, 0.3) is 0 Å². The zero-order chi connectivity index (χ0) is 20.9. The minimum atomic E-state index is -4.39. The standard InChI is InChI=1S/C21H15F4N5/c22-14-7-8-30-17(9-14)19(20(29-30)12-1-2-12)16-10-26-11-18(28-16)27-15-5-3-13(4-6-15)21(23,24)25/h3-12H,1-2H2,(H,27,28). The zero-order valence-electron chi connectivity index (χ0n) is 15.5. The van der Waals surface area contributed by atoms with Crippen LogP contribution in [0.2, 0.25) is 0 Å². The van der Waals surface area contributed by atoms with Crippen molar-refractivity contribution in [2.75, 3.05) is 5.32 Å². The summed E-state index contributed by atoms with van der Waals surface area (Å²) in [7, 11) is 0. The lowest BCUT2D eigenvalue weighted by atomic mass is 10.1. The predicted molar refractivity (Wildman–Crippen MR) is 103 cm³/mol. The van der Waals surface area contributed by atoms with Crippen LogP contribution >= 0.6 is 0 Å². The van der Waals surface area contributed by atoms with E-state index in [0.717, 1.165) is 36.2 Å². The van der Waals surface area contributed by atoms with Gasteiger partial charge in [-0.1, -0.05) is 0 Å². The summed E-state index contributed by atoms with van der Waals surface area (Å²) in [6, 6.07) is 7.41. The number of fused-ring (bicyclic) bond motifs is 1. The number of benzene rings is 1. The van der Waals surface area contributed by atoms with Crippen molar-refractivity contribution < 1.29 is 17.6 Å². The number of nitrogens with zero attached hydrogens (tertiary/aromatic N) is 4. The van der Waals surface area contributed by atoms with Crippen LogP contribution in [0.5, 0.6) is 0 Å². The molecule has 152 valence electrons. The van der Waals surface area contributed by atoms with Gasteiger partial charge in [-0.3, -0.25) is 4.98 Å². The van der Waals surface area contributed by atoms with Crippen LogP contribution in [-0.4, -0.2) is 19.6 Å². The smallest absolute Gasteiger partial charge is 0.339 e. The Bertz CT molecular complexity index is 1230. The Morgan fingerprint density at radius 2 is 1.80 bits per heavy atom. The van der Waals surface area contributed by atoms with Gasteiger partial charge in [-0.15, -0.1) is 0 Å². The second kappa shape index (κ2) is 6.79. The SMILES string of the molecule is Fc1ccn2nc(C3CC3)c(-c3cncc(Nc4ccc(C(F)(F)F)cc4)n3)c2c1. The average Bonchev–Trinajstić information content (AvgIpc) is 3.49. The number of nitrogens with one attached hydrogen (secondary N) is 1. The van der Waals surface area contributed by atoms with Gasteiger partial charge < -0.3 is 5.32 Å². The van der Waals surface area contributed by atoms with Crippen molar-refractivity contribution in [2.45, 2.75) is 24.9 Å². The van der Waals surface area contributed by atoms with Crippen LogP contribution in [0.3, 0.4) is 0 Å². The monoisotopic (exact) mass is 413 g/mol. The Labute approximate surface area is 168 Å². The van der Waals surface area contributed by atoms with Crippen LogP contribution in [0.15, 0.2) is 55.0 Å². The molecule has 5 rings (SSSR count). The third-order valence-corrected chi connectivity index (χ3v) is 4.96. The van der Waals surface area contributed by atoms with E-state index in [1.807, 2.05) is 0 Å². The predicted octanol–water partition coefficient (Wildman–Crippen LogP) is 5.57. The molecular weight excluding hydrogens is 398 g/mol. The summed E-state index contributed by atoms with van der Waals surface area (Å²) in [4.78, 5) is 8.77. The molecule has 0 unspecified atom stereocenters. The van der Waals surface area contributed by atoms with E-state index in [-0.39, 0.29) is 5.82 Å². The van der Waals surface area contributed by atoms with E-state index in [2.05, 4.69) is 20.4 Å². The number of halogens is 4. The van der Waals surface area contributed by atoms with Crippen LogP contribution in [-0.2, 0) is 6.18 Å². The van der Waals surface area contributed by atoms with Gasteiger partial charge in [0.1, 0.15) is 11.6 Å². The highest BCUT2D eigenvalue weighted by Crippen LogP contribution is 2.45. The van der Waals surface area contributed by atoms with Crippen LogP contribution < -0.4 is 5.32 Å². The summed E-state index contributed by atoms with van der Waals surface area (Å²) in [5.41, 5.74) is 2.41. The number of hydrogen-bond acceptors (Lipinski definition) is 4. The Kier molecular flexibility index (Phi) is 4.19. The fourth-order valence-electron chi connectivity index (χ4n) is 3.38. The zero-order valence-corrected chi connectivity index (χ0v) is 15.5. The Morgan fingerprint density at radius 1 is 1.03 bits per heavy atom. The molecule has 0 bridgehead atoms. The van der Waals surface area contributed by atoms with Crippen LogP contribution in [0, 0.1) is 5.82 Å². The highest BCUT2D eigenvalue weighted by atomic mass is 19.4. The van der Waals surface area contributed by atoms with Crippen molar-refractivity contribution in [3.8, 4) is 11.3 Å². The van der Waals surface area contributed by atoms with E-state index in [1.54, 1.807) is 16.9 Å². The highest BCUT2D eigenvalue weighted by molar-refractivity contribution is 5.81. The summed E-state index contributed by atoms with van der Waals surface area (Å²) < 4.78 is 53.7. The molecule has 1 fully saturated rings. The average molecular weight is 413 g/mol. The maximum atomic E-state index is 13.9. The topological polar surface area (TPSA) is 55.1 Å². The fourth-order valence-corrected chi connectivity index (χ4v) is 3.38. The second-order valence-electron chi connectivity index (χ2n) is 7.20. The number of anilines is 2. The first-order valence-electron chi connectivity index (χ1n) is 9.33. The molecule has 0 aliphatic heterocycles. The van der Waals surface area contributed by atoms with Gasteiger partial charge in [0, 0.05) is 23.9 Å². The van der Waals surface area contributed by atoms with Crippen molar-refractivity contribution in [1.82, 2.24) is 19.6 Å². The first-order chi connectivity index (χ1) is 14.4. The van der Waals surface area contributed by atoms with Crippen molar-refractivity contribution in [3.63, 3.8) is 0 Å². The van der Waals surface area contributed by atoms with Gasteiger partial charge >= 0.3 is 6.18 Å². The molecule has 1 aliphatic carbocycles. The summed E-state index contributed by atoms with van der Waals surface area (Å²) in [6.45, 7) is 0. The van der Waals surface area contributed by atoms with E-state index in [9.17, 15) is 17.6 Å². The molecular formula is C21H15F4N5. The summed E-state index contributed by atoms with van der Waals surface area (Å²) in [5.74, 6) is 0.291. The fraction of sp³-hybridized carbons (Fsp3) is 0.190. The van der Waals surface area contributed by atoms with Gasteiger partial charge in [0.15, 0.2) is 0 Å². The number of aromatic nitrogens is 4. The van der Waals surface area contributed by atoms with Crippen molar-refractivity contribution in [2.24, 2.45) is 0 Å². The minimum Gasteiger partial charge on any atom is -0.339 e. The highest BCUT2D eigenvalue weighted by Gasteiger charge is 2.32. The van der Waals surface area contributed by atoms with E-state index in [4.69, 9.17) is 0 Å². The van der Waals surface area contributed by atoms with Crippen molar-refractivity contribution in [1.29, 1.82) is 0 Å². The van der Waals surface area contributed by atoms with Gasteiger partial charge in [-0.2, -0.15) is 18.3 Å². The molecule has 0 radical (unpaired) electrons. The normalized spacial score (nSPS) is 14.3. The quantitative estimate of drug-likeness (QED) is 0.445. The Hall–Kier alpha value is -3.49. The van der Waals surface area contributed by atoms with Gasteiger partial charge in [0.05, 0.1) is 40.4 Å². The summed E-state index contributed by atoms with van der Waals surface area (Å²) in [5, 5.41) is 7.56. The van der Waals surface area contributed by atoms with Gasteiger partial charge in [-0.25, -0.2) is 13.9 Å². The lowest BCUT2D eigenvalue weighted by molar-refractivity contribution is -0.137. The molecule has 9 heteroatoms. The van der Waals surface area contributed by atoms with E-state index >= 15 is 0 Å². The lowest BCUT2D eigenvalue weighted by Crippen LogP contribution is -2.04. The van der Waals surface area contributed by atoms with Gasteiger partial charge in [0.2, 0.25) is 0 Å². The van der Waals surface area contributed by atoms with Crippen LogP contribution in [0.25, 0.3) is 16.8 Å². The molecule has 0 atom stereocenters. The molecule has 1 aliphatic rings. The Balaban J connectivity index is 1.51. The molecule has 4 aromatic rings. The molecule has 1 N–H and O–H groups in total. The molecule has 0 spiro atoms. The van der Waals surface area contributed by atoms with Crippen molar-refractivity contribution >= 4 is 17.0 Å². The second-order valence-corrected chi connectivity index (χ2v) is 7.20. The van der Waals surface area contributed by atoms with Crippen molar-refractivity contribution in [3.05, 3.63) is 72.1 Å². The molecule has 1 saturated carbocycles. The lowest BCUT2D eigenvalue weighted by Gasteiger charge is -2.10. The summed E-state index contributed by atoms with van der Waals surface area (Å²) in [6.07, 6.45) is 2.25. The van der Waals surface area contributed by atoms with E-state index in [0.29, 0.717) is 28.6 Å². The molecule has 5 nitrogen and oxygen atoms in total. The molecule has 0 amide bonds. The first kappa shape index (κ1) is 18.5. The number of pyridine rings is 1. The molecule has 3 heterocycles. The molecule has 1 aromatic carbocycles. The molecule has 3 aromatic heterocycles. The third-order valence-electron chi connectivity index (χ3n) is 4.96. The molecule has 0 saturated heterocycles. The molecule has 30 heavy (non-hydrogen) atoms. The van der Waals surface area contributed by atoms with Crippen LogP contribution in [0.4, 0.5) is 29.1 Å². The van der Waals surface area contributed by atoms with E-state index in [1.165, 1.54) is 30.5 Å².